The lowest BCUT2D eigenvalue weighted by Crippen LogP contribution is -2.49. The van der Waals surface area contributed by atoms with Gasteiger partial charge >= 0.3 is 6.18 Å². The summed E-state index contributed by atoms with van der Waals surface area (Å²) in [4.78, 5) is 28.6. The lowest BCUT2D eigenvalue weighted by molar-refractivity contribution is -0.137. The molecule has 8 nitrogen and oxygen atoms in total. The molecule has 2 amide bonds. The largest absolute Gasteiger partial charge is 0.490 e. The van der Waals surface area contributed by atoms with Crippen LogP contribution >= 0.6 is 11.6 Å². The molecule has 1 N–H and O–H groups in total. The zero-order valence-corrected chi connectivity index (χ0v) is 29.2. The average Bonchev–Trinajstić information content (AvgIpc) is 3.17. The van der Waals surface area contributed by atoms with Gasteiger partial charge in [-0.1, -0.05) is 29.8 Å². The molecule has 1 spiro atoms. The first kappa shape index (κ1) is 35.7. The fourth-order valence-corrected chi connectivity index (χ4v) is 9.61. The van der Waals surface area contributed by atoms with Crippen molar-refractivity contribution in [2.24, 2.45) is 16.2 Å². The van der Waals surface area contributed by atoms with Crippen LogP contribution in [0.2, 0.25) is 5.02 Å². The van der Waals surface area contributed by atoms with Crippen LogP contribution in [0, 0.1) is 11.8 Å². The molecule has 49 heavy (non-hydrogen) atoms. The van der Waals surface area contributed by atoms with Gasteiger partial charge in [-0.15, -0.1) is 4.36 Å². The number of halogens is 4. The first-order valence-corrected chi connectivity index (χ1v) is 19.1. The summed E-state index contributed by atoms with van der Waals surface area (Å²) in [6.45, 7) is 1.83. The maximum Gasteiger partial charge on any atom is 0.389 e. The Balaban J connectivity index is 1.37. The van der Waals surface area contributed by atoms with Gasteiger partial charge in [-0.25, -0.2) is 4.21 Å². The summed E-state index contributed by atoms with van der Waals surface area (Å²) >= 11 is 6.41. The molecule has 2 aromatic rings. The number of alkyl halides is 3. The highest BCUT2D eigenvalue weighted by molar-refractivity contribution is 7.92. The van der Waals surface area contributed by atoms with Crippen LogP contribution in [0.4, 0.5) is 18.9 Å². The molecule has 2 heterocycles. The number of amides is 2. The van der Waals surface area contributed by atoms with Crippen molar-refractivity contribution in [1.82, 2.24) is 4.72 Å². The number of aryl methyl sites for hydroxylation is 1. The summed E-state index contributed by atoms with van der Waals surface area (Å²) in [5.41, 5.74) is 3.06. The van der Waals surface area contributed by atoms with Crippen molar-refractivity contribution in [3.8, 4) is 5.75 Å². The third-order valence-corrected chi connectivity index (χ3v) is 12.5. The standard InChI is InChI=1S/C36H43ClF3N3O5S/c1-47-31-8-3-2-4-18-49(46,41-33(44)9-6-17-36(38,39)40)42-34(45)25-11-15-32-30(20-25)43(21-26-10-13-28(26)31)22-35(23-48-32)16-5-7-24-19-27(37)12-14-29(24)35/h3,8,11-12,14-15,19-20,26,28,31H,2,4-7,9-10,13,16-18,21-23H2,1H3,(H,41,42,44,45,46)/b8-3+/t26-,28?,31-,35-,49?/m0/s1. The fraction of sp³-hybridized carbons (Fsp3) is 0.556. The molecular weight excluding hydrogens is 679 g/mol. The number of methoxy groups -OCH3 is 1. The Morgan fingerprint density at radius 2 is 2.04 bits per heavy atom. The van der Waals surface area contributed by atoms with Crippen molar-refractivity contribution in [2.45, 2.75) is 81.9 Å². The van der Waals surface area contributed by atoms with Crippen LogP contribution in [0.1, 0.15) is 79.3 Å². The van der Waals surface area contributed by atoms with E-state index in [4.69, 9.17) is 21.1 Å². The minimum Gasteiger partial charge on any atom is -0.490 e. The predicted octanol–water partition coefficient (Wildman–Crippen LogP) is 7.58. The molecule has 2 aromatic carbocycles. The fourth-order valence-electron chi connectivity index (χ4n) is 7.79. The van der Waals surface area contributed by atoms with Crippen molar-refractivity contribution in [2.75, 3.05) is 37.5 Å². The third kappa shape index (κ3) is 8.28. The number of anilines is 1. The Morgan fingerprint density at radius 3 is 2.80 bits per heavy atom. The highest BCUT2D eigenvalue weighted by Crippen LogP contribution is 2.47. The van der Waals surface area contributed by atoms with E-state index < -0.39 is 47.2 Å². The number of hydrogen-bond donors (Lipinski definition) is 1. The van der Waals surface area contributed by atoms with Crippen molar-refractivity contribution in [1.29, 1.82) is 0 Å². The van der Waals surface area contributed by atoms with Crippen molar-refractivity contribution >= 4 is 39.0 Å². The van der Waals surface area contributed by atoms with Crippen LogP contribution in [-0.2, 0) is 31.3 Å². The second-order valence-electron chi connectivity index (χ2n) is 13.8. The summed E-state index contributed by atoms with van der Waals surface area (Å²) in [5.74, 6) is -0.488. The van der Waals surface area contributed by atoms with Gasteiger partial charge in [0, 0.05) is 49.0 Å². The van der Waals surface area contributed by atoms with Gasteiger partial charge in [0.05, 0.1) is 24.2 Å². The number of nitrogens with zero attached hydrogens (tertiary/aromatic N) is 2. The molecule has 5 atom stereocenters. The third-order valence-electron chi connectivity index (χ3n) is 10.4. The van der Waals surface area contributed by atoms with E-state index in [0.717, 1.165) is 44.3 Å². The zero-order valence-electron chi connectivity index (χ0n) is 27.6. The molecule has 2 unspecified atom stereocenters. The Labute approximate surface area is 291 Å². The second kappa shape index (κ2) is 14.6. The number of hydrogen-bond acceptors (Lipinski definition) is 6. The highest BCUT2D eigenvalue weighted by Gasteiger charge is 2.44. The van der Waals surface area contributed by atoms with E-state index in [9.17, 15) is 27.0 Å². The number of nitrogens with one attached hydrogen (secondary N) is 1. The molecule has 0 radical (unpaired) electrons. The normalized spacial score (nSPS) is 29.4. The van der Waals surface area contributed by atoms with Crippen LogP contribution in [0.25, 0.3) is 0 Å². The maximum atomic E-state index is 14.0. The average molecular weight is 722 g/mol. The smallest absolute Gasteiger partial charge is 0.389 e. The summed E-state index contributed by atoms with van der Waals surface area (Å²) in [7, 11) is -1.93. The molecule has 4 aliphatic rings. The number of rotatable bonds is 5. The van der Waals surface area contributed by atoms with Crippen LogP contribution in [-0.4, -0.2) is 60.9 Å². The summed E-state index contributed by atoms with van der Waals surface area (Å²) in [6, 6.07) is 11.2. The summed E-state index contributed by atoms with van der Waals surface area (Å²) < 4.78 is 70.9. The number of benzene rings is 2. The SMILES string of the molecule is CO[C@H]1/C=C/CCCS(=O)(NC(=O)CCCC(F)(F)F)=NC(=O)c2ccc3c(c2)N(C[C@@H]2CCC21)C[C@@]1(CCCc2cc(Cl)ccc21)CO3. The van der Waals surface area contributed by atoms with Gasteiger partial charge in [0.15, 0.2) is 0 Å². The molecule has 0 aromatic heterocycles. The molecule has 2 bridgehead atoms. The van der Waals surface area contributed by atoms with Crippen LogP contribution in [0.3, 0.4) is 0 Å². The summed E-state index contributed by atoms with van der Waals surface area (Å²) in [6.07, 6.45) is 3.13. The highest BCUT2D eigenvalue weighted by atomic mass is 35.5. The quantitative estimate of drug-likeness (QED) is 0.320. The first-order valence-electron chi connectivity index (χ1n) is 17.0. The lowest BCUT2D eigenvalue weighted by Gasteiger charge is -2.46. The van der Waals surface area contributed by atoms with Gasteiger partial charge in [0.25, 0.3) is 5.91 Å². The minimum atomic E-state index is -4.41. The Morgan fingerprint density at radius 1 is 1.20 bits per heavy atom. The molecule has 13 heteroatoms. The van der Waals surface area contributed by atoms with E-state index in [2.05, 4.69) is 20.1 Å². The van der Waals surface area contributed by atoms with E-state index in [-0.39, 0.29) is 28.8 Å². The van der Waals surface area contributed by atoms with E-state index in [1.54, 1.807) is 25.3 Å². The van der Waals surface area contributed by atoms with Gasteiger partial charge in [-0.3, -0.25) is 14.3 Å². The van der Waals surface area contributed by atoms with Gasteiger partial charge in [0.1, 0.15) is 15.7 Å². The first-order chi connectivity index (χ1) is 23.4. The Bertz CT molecular complexity index is 1730. The van der Waals surface area contributed by atoms with Gasteiger partial charge in [-0.05, 0) is 105 Å². The molecule has 1 fully saturated rings. The number of ether oxygens (including phenoxy) is 2. The number of fused-ring (bicyclic) bond motifs is 4. The van der Waals surface area contributed by atoms with E-state index in [0.29, 0.717) is 42.7 Å². The molecule has 2 aliphatic carbocycles. The van der Waals surface area contributed by atoms with E-state index >= 15 is 0 Å². The van der Waals surface area contributed by atoms with Crippen molar-refractivity contribution < 1.29 is 36.4 Å². The van der Waals surface area contributed by atoms with Gasteiger partial charge in [0.2, 0.25) is 5.91 Å². The minimum absolute atomic E-state index is 0.115. The van der Waals surface area contributed by atoms with Crippen molar-refractivity contribution in [3.63, 3.8) is 0 Å². The second-order valence-corrected chi connectivity index (χ2v) is 16.3. The molecule has 266 valence electrons. The topological polar surface area (TPSA) is 97.3 Å². The Kier molecular flexibility index (Phi) is 10.7. The molecular formula is C36H43ClF3N3O5S. The predicted molar refractivity (Wildman–Crippen MR) is 183 cm³/mol. The molecule has 0 saturated heterocycles. The Hall–Kier alpha value is -3.09. The van der Waals surface area contributed by atoms with E-state index in [1.165, 1.54) is 11.1 Å². The number of allylic oxidation sites excluding steroid dienone is 1. The van der Waals surface area contributed by atoms with Crippen molar-refractivity contribution in [3.05, 3.63) is 70.3 Å². The van der Waals surface area contributed by atoms with Crippen LogP contribution < -0.4 is 14.4 Å². The molecule has 2 aliphatic heterocycles. The van der Waals surface area contributed by atoms with Gasteiger partial charge in [-0.2, -0.15) is 13.2 Å². The van der Waals surface area contributed by atoms with Gasteiger partial charge < -0.3 is 14.4 Å². The summed E-state index contributed by atoms with van der Waals surface area (Å²) in [5, 5.41) is 0.704. The maximum absolute atomic E-state index is 14.0. The number of carbonyl (C=O) groups is 2. The molecule has 1 saturated carbocycles. The number of carbonyl (C=O) groups excluding carboxylic acids is 2. The van der Waals surface area contributed by atoms with Crippen LogP contribution in [0.15, 0.2) is 52.9 Å². The zero-order chi connectivity index (χ0) is 34.8. The lowest BCUT2D eigenvalue weighted by atomic mass is 9.68. The van der Waals surface area contributed by atoms with E-state index in [1.807, 2.05) is 24.3 Å². The molecule has 6 rings (SSSR count). The monoisotopic (exact) mass is 721 g/mol. The van der Waals surface area contributed by atoms with Crippen LogP contribution in [0.5, 0.6) is 5.75 Å².